The molecule has 0 aromatic heterocycles. The molecule has 0 amide bonds. The Morgan fingerprint density at radius 3 is 2.33 bits per heavy atom. The van der Waals surface area contributed by atoms with Crippen LogP contribution in [0.2, 0.25) is 19.6 Å². The maximum Gasteiger partial charge on any atom is 0.119 e. The van der Waals surface area contributed by atoms with E-state index in [0.717, 1.165) is 11.6 Å². The highest BCUT2D eigenvalue weighted by molar-refractivity contribution is 6.84. The Balaban J connectivity index is 2.35. The molecule has 0 atom stereocenters. The second-order valence-electron chi connectivity index (χ2n) is 5.69. The van der Waals surface area contributed by atoms with Crippen LogP contribution < -0.4 is 0 Å². The van der Waals surface area contributed by atoms with E-state index in [4.69, 9.17) is 0 Å². The van der Waals surface area contributed by atoms with E-state index < -0.39 is 8.07 Å². The molecule has 0 spiro atoms. The van der Waals surface area contributed by atoms with Crippen molar-refractivity contribution in [3.63, 3.8) is 0 Å². The molecule has 0 aliphatic heterocycles. The molecule has 0 heterocycles. The summed E-state index contributed by atoms with van der Waals surface area (Å²) in [7, 11) is -1.54. The highest BCUT2D eigenvalue weighted by Crippen LogP contribution is 2.21. The molecule has 0 saturated carbocycles. The van der Waals surface area contributed by atoms with Gasteiger partial charge in [0.25, 0.3) is 0 Å². The van der Waals surface area contributed by atoms with Gasteiger partial charge in [-0.05, 0) is 16.3 Å². The van der Waals surface area contributed by atoms with Gasteiger partial charge in [0.05, 0.1) is 8.07 Å². The fraction of sp³-hybridized carbons (Fsp3) is 0.250. The van der Waals surface area contributed by atoms with Gasteiger partial charge < -0.3 is 0 Å². The van der Waals surface area contributed by atoms with Crippen molar-refractivity contribution in [3.8, 4) is 0 Å². The molecule has 2 heteroatoms. The topological polar surface area (TPSA) is 17.1 Å². The fourth-order valence-corrected chi connectivity index (χ4v) is 3.05. The monoisotopic (exact) mass is 254 g/mol. The molecular weight excluding hydrogens is 236 g/mol. The van der Waals surface area contributed by atoms with Crippen LogP contribution in [-0.2, 0) is 11.2 Å². The predicted octanol–water partition coefficient (Wildman–Crippen LogP) is 4.02. The van der Waals surface area contributed by atoms with E-state index in [1.807, 2.05) is 12.1 Å². The smallest absolute Gasteiger partial charge is 0.119 e. The van der Waals surface area contributed by atoms with Crippen LogP contribution in [0.1, 0.15) is 5.56 Å². The van der Waals surface area contributed by atoms with E-state index in [1.165, 1.54) is 16.3 Å². The van der Waals surface area contributed by atoms with E-state index >= 15 is 0 Å². The van der Waals surface area contributed by atoms with Crippen molar-refractivity contribution in [2.45, 2.75) is 26.1 Å². The van der Waals surface area contributed by atoms with Crippen molar-refractivity contribution in [2.24, 2.45) is 0 Å². The minimum Gasteiger partial charge on any atom is -0.234 e. The minimum absolute atomic E-state index is 0.740. The first kappa shape index (κ1) is 12.8. The van der Waals surface area contributed by atoms with Crippen LogP contribution in [-0.4, -0.2) is 14.0 Å². The number of rotatable bonds is 3. The number of benzene rings is 2. The van der Waals surface area contributed by atoms with Crippen LogP contribution in [0.3, 0.4) is 0 Å². The van der Waals surface area contributed by atoms with Crippen LogP contribution in [0.15, 0.2) is 47.7 Å². The number of allylic oxidation sites excluding steroid dienone is 1. The molecule has 2 aromatic rings. The van der Waals surface area contributed by atoms with Crippen LogP contribution in [0, 0.1) is 0 Å². The van der Waals surface area contributed by atoms with Crippen molar-refractivity contribution in [2.75, 3.05) is 0 Å². The quantitative estimate of drug-likeness (QED) is 0.597. The molecule has 0 fully saturated rings. The van der Waals surface area contributed by atoms with E-state index in [1.54, 1.807) is 0 Å². The number of carbonyl (C=O) groups excluding carboxylic acids is 1. The second-order valence-corrected chi connectivity index (χ2v) is 10.8. The Morgan fingerprint density at radius 1 is 1.06 bits per heavy atom. The average molecular weight is 254 g/mol. The molecule has 0 aliphatic rings. The van der Waals surface area contributed by atoms with Gasteiger partial charge in [0, 0.05) is 11.6 Å². The lowest BCUT2D eigenvalue weighted by Crippen LogP contribution is -2.26. The lowest BCUT2D eigenvalue weighted by molar-refractivity contribution is 0.567. The zero-order chi connectivity index (χ0) is 13.2. The largest absolute Gasteiger partial charge is 0.234 e. The second kappa shape index (κ2) is 4.93. The molecule has 2 aromatic carbocycles. The first-order valence-corrected chi connectivity index (χ1v) is 9.73. The summed E-state index contributed by atoms with van der Waals surface area (Å²) in [6.07, 6.45) is 0.740. The van der Waals surface area contributed by atoms with Gasteiger partial charge in [-0.1, -0.05) is 62.1 Å². The van der Waals surface area contributed by atoms with Gasteiger partial charge in [0.2, 0.25) is 0 Å². The Bertz CT molecular complexity index is 616. The molecule has 0 saturated heterocycles. The van der Waals surface area contributed by atoms with E-state index in [2.05, 4.69) is 55.9 Å². The Kier molecular flexibility index (Phi) is 3.51. The highest BCUT2D eigenvalue weighted by atomic mass is 28.3. The van der Waals surface area contributed by atoms with Gasteiger partial charge in [0.1, 0.15) is 5.94 Å². The van der Waals surface area contributed by atoms with Gasteiger partial charge >= 0.3 is 0 Å². The van der Waals surface area contributed by atoms with Gasteiger partial charge in [-0.3, -0.25) is 0 Å². The van der Waals surface area contributed by atoms with Crippen LogP contribution in [0.25, 0.3) is 10.8 Å². The zero-order valence-corrected chi connectivity index (χ0v) is 12.2. The zero-order valence-electron chi connectivity index (χ0n) is 11.2. The van der Waals surface area contributed by atoms with Crippen LogP contribution in [0.4, 0.5) is 0 Å². The summed E-state index contributed by atoms with van der Waals surface area (Å²) < 4.78 is 0. The SMILES string of the molecule is C[Si](C)(C)C(=C=O)Cc1ccc2ccccc2c1. The molecule has 0 unspecified atom stereocenters. The molecule has 0 bridgehead atoms. The van der Waals surface area contributed by atoms with Gasteiger partial charge in [-0.25, -0.2) is 4.79 Å². The molecule has 1 nitrogen and oxygen atoms in total. The summed E-state index contributed by atoms with van der Waals surface area (Å²) in [6, 6.07) is 14.7. The van der Waals surface area contributed by atoms with E-state index in [-0.39, 0.29) is 0 Å². The molecule has 0 radical (unpaired) electrons. The third-order valence-corrected chi connectivity index (χ3v) is 5.31. The molecule has 2 rings (SSSR count). The maximum absolute atomic E-state index is 11.1. The first-order chi connectivity index (χ1) is 8.50. The van der Waals surface area contributed by atoms with Crippen molar-refractivity contribution in [3.05, 3.63) is 53.2 Å². The van der Waals surface area contributed by atoms with Crippen molar-refractivity contribution < 1.29 is 4.79 Å². The summed E-state index contributed by atoms with van der Waals surface area (Å²) in [5.74, 6) is 2.17. The molecule has 0 aliphatic carbocycles. The fourth-order valence-electron chi connectivity index (χ4n) is 2.01. The normalized spacial score (nSPS) is 11.3. The third-order valence-electron chi connectivity index (χ3n) is 3.22. The number of fused-ring (bicyclic) bond motifs is 1. The van der Waals surface area contributed by atoms with Crippen molar-refractivity contribution in [1.29, 1.82) is 0 Å². The highest BCUT2D eigenvalue weighted by Gasteiger charge is 2.21. The molecular formula is C16H18OSi. The predicted molar refractivity (Wildman–Crippen MR) is 80.2 cm³/mol. The van der Waals surface area contributed by atoms with Gasteiger partial charge in [-0.15, -0.1) is 0 Å². The third kappa shape index (κ3) is 2.78. The van der Waals surface area contributed by atoms with Gasteiger partial charge in [-0.2, -0.15) is 0 Å². The van der Waals surface area contributed by atoms with Crippen molar-refractivity contribution >= 4 is 24.8 Å². The Labute approximate surface area is 109 Å². The standard InChI is InChI=1S/C16H18OSi/c1-18(2,3)16(12-17)11-13-8-9-14-6-4-5-7-15(14)10-13/h4-10H,11H2,1-3H3. The summed E-state index contributed by atoms with van der Waals surface area (Å²) >= 11 is 0. The van der Waals surface area contributed by atoms with E-state index in [9.17, 15) is 4.79 Å². The molecule has 18 heavy (non-hydrogen) atoms. The lowest BCUT2D eigenvalue weighted by atomic mass is 10.1. The van der Waals surface area contributed by atoms with E-state index in [0.29, 0.717) is 0 Å². The van der Waals surface area contributed by atoms with Crippen LogP contribution in [0.5, 0.6) is 0 Å². The number of hydrogen-bond acceptors (Lipinski definition) is 1. The molecule has 92 valence electrons. The Morgan fingerprint density at radius 2 is 1.72 bits per heavy atom. The van der Waals surface area contributed by atoms with Crippen molar-refractivity contribution in [1.82, 2.24) is 0 Å². The average Bonchev–Trinajstić information content (AvgIpc) is 2.34. The molecule has 0 N–H and O–H groups in total. The van der Waals surface area contributed by atoms with Gasteiger partial charge in [0.15, 0.2) is 0 Å². The summed E-state index contributed by atoms with van der Waals surface area (Å²) in [5.41, 5.74) is 1.20. The Hall–Kier alpha value is -1.63. The summed E-state index contributed by atoms with van der Waals surface area (Å²) in [4.78, 5) is 11.1. The summed E-state index contributed by atoms with van der Waals surface area (Å²) in [5, 5.41) is 3.43. The first-order valence-electron chi connectivity index (χ1n) is 6.23. The summed E-state index contributed by atoms with van der Waals surface area (Å²) in [6.45, 7) is 6.57. The maximum atomic E-state index is 11.1. The minimum atomic E-state index is -1.54. The number of hydrogen-bond donors (Lipinski definition) is 0. The van der Waals surface area contributed by atoms with Crippen LogP contribution >= 0.6 is 0 Å². The lowest BCUT2D eigenvalue weighted by Gasteiger charge is -2.17.